The van der Waals surface area contributed by atoms with E-state index < -0.39 is 0 Å². The summed E-state index contributed by atoms with van der Waals surface area (Å²) < 4.78 is 11.4. The van der Waals surface area contributed by atoms with Crippen molar-refractivity contribution in [1.29, 1.82) is 0 Å². The molecular formula is C16H24O2. The maximum atomic E-state index is 5.85. The number of ether oxygens (including phenoxy) is 2. The highest BCUT2D eigenvalue weighted by molar-refractivity contribution is 5.39. The van der Waals surface area contributed by atoms with E-state index in [0.717, 1.165) is 25.2 Å². The zero-order valence-electron chi connectivity index (χ0n) is 11.9. The van der Waals surface area contributed by atoms with Gasteiger partial charge in [-0.1, -0.05) is 31.5 Å². The van der Waals surface area contributed by atoms with Crippen LogP contribution >= 0.6 is 0 Å². The van der Waals surface area contributed by atoms with Gasteiger partial charge < -0.3 is 9.47 Å². The van der Waals surface area contributed by atoms with Crippen molar-refractivity contribution in [2.24, 2.45) is 0 Å². The Morgan fingerprint density at radius 1 is 1.39 bits per heavy atom. The summed E-state index contributed by atoms with van der Waals surface area (Å²) in [7, 11) is 0. The van der Waals surface area contributed by atoms with Crippen LogP contribution in [0.25, 0.3) is 0 Å². The molecule has 0 saturated carbocycles. The van der Waals surface area contributed by atoms with Crippen LogP contribution in [0.4, 0.5) is 0 Å². The summed E-state index contributed by atoms with van der Waals surface area (Å²) in [6, 6.07) is 6.48. The molecule has 1 aliphatic rings. The molecule has 3 atom stereocenters. The van der Waals surface area contributed by atoms with Gasteiger partial charge in [-0.05, 0) is 44.2 Å². The summed E-state index contributed by atoms with van der Waals surface area (Å²) in [6.07, 6.45) is 3.02. The number of rotatable bonds is 6. The van der Waals surface area contributed by atoms with E-state index in [9.17, 15) is 0 Å². The molecule has 2 rings (SSSR count). The molecule has 100 valence electrons. The molecule has 0 N–H and O–H groups in total. The van der Waals surface area contributed by atoms with Gasteiger partial charge in [0.1, 0.15) is 5.75 Å². The van der Waals surface area contributed by atoms with Gasteiger partial charge in [0.25, 0.3) is 0 Å². The quantitative estimate of drug-likeness (QED) is 0.708. The zero-order valence-corrected chi connectivity index (χ0v) is 11.9. The van der Waals surface area contributed by atoms with Crippen molar-refractivity contribution < 1.29 is 9.47 Å². The third kappa shape index (κ3) is 3.26. The molecule has 0 spiro atoms. The molecule has 1 saturated heterocycles. The average Bonchev–Trinajstić information content (AvgIpc) is 3.03. The standard InChI is InChI=1S/C16H24O2/c1-5-8-17-15-7-6-11(2)9-14(15)12(3)10-16-13(4)18-16/h6-7,9,12-13,16H,5,8,10H2,1-4H3. The van der Waals surface area contributed by atoms with E-state index >= 15 is 0 Å². The van der Waals surface area contributed by atoms with Crippen LogP contribution in [0.15, 0.2) is 18.2 Å². The Kier molecular flexibility index (Phi) is 4.28. The van der Waals surface area contributed by atoms with Gasteiger partial charge in [0, 0.05) is 0 Å². The fourth-order valence-corrected chi connectivity index (χ4v) is 2.35. The van der Waals surface area contributed by atoms with Gasteiger partial charge in [-0.15, -0.1) is 0 Å². The Hall–Kier alpha value is -1.02. The lowest BCUT2D eigenvalue weighted by Crippen LogP contribution is -2.05. The van der Waals surface area contributed by atoms with Crippen LogP contribution in [-0.2, 0) is 4.74 Å². The van der Waals surface area contributed by atoms with Gasteiger partial charge in [-0.2, -0.15) is 0 Å². The molecule has 0 bridgehead atoms. The van der Waals surface area contributed by atoms with Crippen molar-refractivity contribution in [1.82, 2.24) is 0 Å². The van der Waals surface area contributed by atoms with Crippen LogP contribution in [0.2, 0.25) is 0 Å². The first-order valence-corrected chi connectivity index (χ1v) is 7.00. The molecule has 1 fully saturated rings. The van der Waals surface area contributed by atoms with Gasteiger partial charge in [-0.25, -0.2) is 0 Å². The Labute approximate surface area is 110 Å². The topological polar surface area (TPSA) is 21.8 Å². The highest BCUT2D eigenvalue weighted by Crippen LogP contribution is 2.36. The zero-order chi connectivity index (χ0) is 13.1. The Morgan fingerprint density at radius 3 is 2.72 bits per heavy atom. The predicted octanol–water partition coefficient (Wildman–Crippen LogP) is 4.06. The monoisotopic (exact) mass is 248 g/mol. The average molecular weight is 248 g/mol. The first-order valence-electron chi connectivity index (χ1n) is 7.00. The third-order valence-electron chi connectivity index (χ3n) is 3.58. The summed E-state index contributed by atoms with van der Waals surface area (Å²) in [4.78, 5) is 0. The molecule has 3 unspecified atom stereocenters. The van der Waals surface area contributed by atoms with E-state index in [1.54, 1.807) is 0 Å². The molecular weight excluding hydrogens is 224 g/mol. The van der Waals surface area contributed by atoms with Gasteiger partial charge in [0.15, 0.2) is 0 Å². The molecule has 1 aliphatic heterocycles. The minimum Gasteiger partial charge on any atom is -0.493 e. The van der Waals surface area contributed by atoms with Crippen LogP contribution in [0.5, 0.6) is 5.75 Å². The van der Waals surface area contributed by atoms with Gasteiger partial charge in [0.2, 0.25) is 0 Å². The van der Waals surface area contributed by atoms with E-state index in [1.165, 1.54) is 11.1 Å². The molecule has 0 amide bonds. The normalized spacial score (nSPS) is 23.8. The summed E-state index contributed by atoms with van der Waals surface area (Å²) >= 11 is 0. The smallest absolute Gasteiger partial charge is 0.122 e. The van der Waals surface area contributed by atoms with Crippen molar-refractivity contribution >= 4 is 0 Å². The van der Waals surface area contributed by atoms with Crippen LogP contribution in [0, 0.1) is 6.92 Å². The lowest BCUT2D eigenvalue weighted by Gasteiger charge is -2.17. The largest absolute Gasteiger partial charge is 0.493 e. The number of benzene rings is 1. The second-order valence-electron chi connectivity index (χ2n) is 5.41. The molecule has 0 aliphatic carbocycles. The van der Waals surface area contributed by atoms with E-state index in [4.69, 9.17) is 9.47 Å². The van der Waals surface area contributed by atoms with Crippen LogP contribution < -0.4 is 4.74 Å². The van der Waals surface area contributed by atoms with E-state index in [0.29, 0.717) is 18.1 Å². The Balaban J connectivity index is 2.09. The Bertz CT molecular complexity index is 400. The van der Waals surface area contributed by atoms with Crippen molar-refractivity contribution in [3.63, 3.8) is 0 Å². The first kappa shape index (κ1) is 13.4. The maximum Gasteiger partial charge on any atom is 0.122 e. The highest BCUT2D eigenvalue weighted by atomic mass is 16.6. The molecule has 2 heteroatoms. The molecule has 1 aromatic rings. The molecule has 2 nitrogen and oxygen atoms in total. The second kappa shape index (κ2) is 5.75. The lowest BCUT2D eigenvalue weighted by molar-refractivity contribution is 0.310. The fourth-order valence-electron chi connectivity index (χ4n) is 2.35. The van der Waals surface area contributed by atoms with E-state index in [-0.39, 0.29) is 0 Å². The summed E-state index contributed by atoms with van der Waals surface area (Å²) in [5.41, 5.74) is 2.62. The van der Waals surface area contributed by atoms with Gasteiger partial charge >= 0.3 is 0 Å². The van der Waals surface area contributed by atoms with Crippen molar-refractivity contribution in [2.75, 3.05) is 6.61 Å². The second-order valence-corrected chi connectivity index (χ2v) is 5.41. The van der Waals surface area contributed by atoms with Crippen molar-refractivity contribution in [2.45, 2.75) is 58.7 Å². The molecule has 0 aromatic heterocycles. The highest BCUT2D eigenvalue weighted by Gasteiger charge is 2.35. The molecule has 18 heavy (non-hydrogen) atoms. The van der Waals surface area contributed by atoms with E-state index in [1.807, 2.05) is 0 Å². The minimum atomic E-state index is 0.442. The number of hydrogen-bond donors (Lipinski definition) is 0. The molecule has 1 heterocycles. The lowest BCUT2D eigenvalue weighted by atomic mass is 9.93. The third-order valence-corrected chi connectivity index (χ3v) is 3.58. The van der Waals surface area contributed by atoms with E-state index in [2.05, 4.69) is 45.9 Å². The van der Waals surface area contributed by atoms with Crippen molar-refractivity contribution in [3.05, 3.63) is 29.3 Å². The molecule has 0 radical (unpaired) electrons. The SMILES string of the molecule is CCCOc1ccc(C)cc1C(C)CC1OC1C. The maximum absolute atomic E-state index is 5.85. The van der Waals surface area contributed by atoms with Crippen LogP contribution in [0.1, 0.15) is 50.7 Å². The predicted molar refractivity (Wildman–Crippen MR) is 74.3 cm³/mol. The minimum absolute atomic E-state index is 0.442. The number of epoxide rings is 1. The van der Waals surface area contributed by atoms with Crippen molar-refractivity contribution in [3.8, 4) is 5.75 Å². The summed E-state index contributed by atoms with van der Waals surface area (Å²) in [6.45, 7) is 9.47. The summed E-state index contributed by atoms with van der Waals surface area (Å²) in [5.74, 6) is 1.54. The summed E-state index contributed by atoms with van der Waals surface area (Å²) in [5, 5.41) is 0. The van der Waals surface area contributed by atoms with Crippen LogP contribution in [-0.4, -0.2) is 18.8 Å². The van der Waals surface area contributed by atoms with Gasteiger partial charge in [-0.3, -0.25) is 0 Å². The fraction of sp³-hybridized carbons (Fsp3) is 0.625. The number of hydrogen-bond acceptors (Lipinski definition) is 2. The van der Waals surface area contributed by atoms with Gasteiger partial charge in [0.05, 0.1) is 18.8 Å². The first-order chi connectivity index (χ1) is 8.61. The number of aryl methyl sites for hydroxylation is 1. The Morgan fingerprint density at radius 2 is 2.11 bits per heavy atom. The molecule has 1 aromatic carbocycles. The van der Waals surface area contributed by atoms with Crippen LogP contribution in [0.3, 0.4) is 0 Å².